The number of hydrogen-bond donors (Lipinski definition) is 1. The third-order valence-corrected chi connectivity index (χ3v) is 3.53. The fraction of sp³-hybridized carbons (Fsp3) is 0.0769. The van der Waals surface area contributed by atoms with E-state index in [9.17, 15) is 9.59 Å². The van der Waals surface area contributed by atoms with Gasteiger partial charge in [-0.1, -0.05) is 11.2 Å². The zero-order valence-corrected chi connectivity index (χ0v) is 11.5. The minimum atomic E-state index is -0.401. The van der Waals surface area contributed by atoms with Gasteiger partial charge in [0.05, 0.1) is 4.88 Å². The molecule has 1 N–H and O–H groups in total. The van der Waals surface area contributed by atoms with Crippen molar-refractivity contribution >= 4 is 23.1 Å². The first-order valence-electron chi connectivity index (χ1n) is 6.04. The molecule has 8 heteroatoms. The number of rotatable bonds is 4. The molecule has 3 heterocycles. The fourth-order valence-electron chi connectivity index (χ4n) is 1.71. The molecular formula is C13H10N4O3S. The van der Waals surface area contributed by atoms with Crippen molar-refractivity contribution in [3.05, 3.63) is 52.3 Å². The van der Waals surface area contributed by atoms with E-state index in [0.29, 0.717) is 11.5 Å². The van der Waals surface area contributed by atoms with Gasteiger partial charge in [0.2, 0.25) is 5.91 Å². The van der Waals surface area contributed by atoms with Crippen molar-refractivity contribution in [2.75, 3.05) is 5.32 Å². The first kappa shape index (κ1) is 13.3. The number of nitrogens with zero attached hydrogens (tertiary/aromatic N) is 3. The van der Waals surface area contributed by atoms with Gasteiger partial charge in [0, 0.05) is 12.1 Å². The summed E-state index contributed by atoms with van der Waals surface area (Å²) in [6.07, 6.45) is 1.34. The second kappa shape index (κ2) is 5.71. The molecule has 0 saturated carbocycles. The highest BCUT2D eigenvalue weighted by Crippen LogP contribution is 2.20. The molecule has 3 aromatic rings. The van der Waals surface area contributed by atoms with Crippen molar-refractivity contribution in [2.24, 2.45) is 0 Å². The maximum Gasteiger partial charge on any atom is 0.267 e. The Labute approximate surface area is 122 Å². The van der Waals surface area contributed by atoms with Crippen LogP contribution >= 0.6 is 11.3 Å². The van der Waals surface area contributed by atoms with E-state index in [0.717, 1.165) is 9.56 Å². The van der Waals surface area contributed by atoms with Gasteiger partial charge in [0.15, 0.2) is 5.82 Å². The van der Waals surface area contributed by atoms with Gasteiger partial charge >= 0.3 is 0 Å². The van der Waals surface area contributed by atoms with E-state index in [1.165, 1.54) is 29.7 Å². The summed E-state index contributed by atoms with van der Waals surface area (Å²) in [7, 11) is 0. The molecule has 0 fully saturated rings. The topological polar surface area (TPSA) is 90.0 Å². The summed E-state index contributed by atoms with van der Waals surface area (Å²) >= 11 is 1.51. The van der Waals surface area contributed by atoms with Crippen molar-refractivity contribution < 1.29 is 9.32 Å². The average Bonchev–Trinajstić information content (AvgIpc) is 3.14. The number of nitrogens with one attached hydrogen (secondary N) is 1. The highest BCUT2D eigenvalue weighted by atomic mass is 32.1. The number of hydrogen-bond acceptors (Lipinski definition) is 6. The minimum Gasteiger partial charge on any atom is -0.363 e. The van der Waals surface area contributed by atoms with Gasteiger partial charge in [-0.25, -0.2) is 4.68 Å². The number of anilines is 1. The molecule has 0 aromatic carbocycles. The lowest BCUT2D eigenvalue weighted by Gasteiger charge is -2.05. The number of carbonyl (C=O) groups excluding carboxylic acids is 1. The van der Waals surface area contributed by atoms with E-state index in [1.54, 1.807) is 6.07 Å². The van der Waals surface area contributed by atoms with Gasteiger partial charge < -0.3 is 9.84 Å². The van der Waals surface area contributed by atoms with Gasteiger partial charge in [-0.05, 0) is 17.5 Å². The summed E-state index contributed by atoms with van der Waals surface area (Å²) in [4.78, 5) is 24.5. The van der Waals surface area contributed by atoms with Crippen molar-refractivity contribution in [2.45, 2.75) is 6.54 Å². The summed E-state index contributed by atoms with van der Waals surface area (Å²) in [6, 6.07) is 8.34. The number of aromatic nitrogens is 3. The molecule has 0 spiro atoms. The Kier molecular flexibility index (Phi) is 3.61. The summed E-state index contributed by atoms with van der Waals surface area (Å²) in [5.74, 6) is -0.107. The molecule has 0 unspecified atom stereocenters. The van der Waals surface area contributed by atoms with Crippen LogP contribution in [0, 0.1) is 0 Å². The smallest absolute Gasteiger partial charge is 0.267 e. The molecule has 0 saturated heterocycles. The maximum atomic E-state index is 11.8. The van der Waals surface area contributed by atoms with Crippen LogP contribution in [0.25, 0.3) is 10.6 Å². The Morgan fingerprint density at radius 3 is 2.95 bits per heavy atom. The standard InChI is InChI=1S/C13H10N4O3S/c18-12(14-11-5-6-20-16-11)8-17-13(19)4-3-9(15-17)10-2-1-7-21-10/h1-7H,8H2,(H,14,16,18). The third-order valence-electron chi connectivity index (χ3n) is 2.64. The lowest BCUT2D eigenvalue weighted by atomic mass is 10.3. The van der Waals surface area contributed by atoms with Crippen molar-refractivity contribution in [1.82, 2.24) is 14.9 Å². The second-order valence-electron chi connectivity index (χ2n) is 4.12. The Hall–Kier alpha value is -2.74. The summed E-state index contributed by atoms with van der Waals surface area (Å²) in [5, 5.41) is 12.2. The van der Waals surface area contributed by atoms with Crippen LogP contribution in [0.3, 0.4) is 0 Å². The second-order valence-corrected chi connectivity index (χ2v) is 5.07. The molecule has 3 aromatic heterocycles. The van der Waals surface area contributed by atoms with Gasteiger partial charge in [-0.3, -0.25) is 9.59 Å². The molecule has 106 valence electrons. The van der Waals surface area contributed by atoms with Crippen LogP contribution in [0.15, 0.2) is 51.3 Å². The van der Waals surface area contributed by atoms with E-state index in [1.807, 2.05) is 17.5 Å². The molecule has 7 nitrogen and oxygen atoms in total. The highest BCUT2D eigenvalue weighted by molar-refractivity contribution is 7.13. The first-order chi connectivity index (χ1) is 10.2. The van der Waals surface area contributed by atoms with Crippen LogP contribution in [0.2, 0.25) is 0 Å². The molecule has 0 aliphatic carbocycles. The zero-order chi connectivity index (χ0) is 14.7. The van der Waals surface area contributed by atoms with Crippen molar-refractivity contribution in [3.8, 4) is 10.6 Å². The van der Waals surface area contributed by atoms with E-state index in [2.05, 4.69) is 20.1 Å². The monoisotopic (exact) mass is 302 g/mol. The average molecular weight is 302 g/mol. The molecule has 0 bridgehead atoms. The van der Waals surface area contributed by atoms with Crippen LogP contribution in [0.5, 0.6) is 0 Å². The van der Waals surface area contributed by atoms with Gasteiger partial charge in [-0.15, -0.1) is 11.3 Å². The first-order valence-corrected chi connectivity index (χ1v) is 6.92. The van der Waals surface area contributed by atoms with Crippen LogP contribution in [-0.4, -0.2) is 20.8 Å². The van der Waals surface area contributed by atoms with Crippen LogP contribution in [-0.2, 0) is 11.3 Å². The largest absolute Gasteiger partial charge is 0.363 e. The van der Waals surface area contributed by atoms with Crippen LogP contribution in [0.1, 0.15) is 0 Å². The van der Waals surface area contributed by atoms with E-state index in [-0.39, 0.29) is 12.1 Å². The Morgan fingerprint density at radius 2 is 2.24 bits per heavy atom. The van der Waals surface area contributed by atoms with Gasteiger partial charge in [0.25, 0.3) is 5.56 Å². The molecule has 0 atom stereocenters. The maximum absolute atomic E-state index is 11.8. The number of carbonyl (C=O) groups is 1. The Balaban J connectivity index is 1.80. The van der Waals surface area contributed by atoms with Crippen LogP contribution in [0.4, 0.5) is 5.82 Å². The van der Waals surface area contributed by atoms with Crippen molar-refractivity contribution in [3.63, 3.8) is 0 Å². The Bertz CT molecular complexity index is 793. The number of amides is 1. The van der Waals surface area contributed by atoms with E-state index in [4.69, 9.17) is 0 Å². The lowest BCUT2D eigenvalue weighted by Crippen LogP contribution is -2.29. The van der Waals surface area contributed by atoms with Gasteiger partial charge in [-0.2, -0.15) is 5.10 Å². The molecule has 3 rings (SSSR count). The quantitative estimate of drug-likeness (QED) is 0.790. The van der Waals surface area contributed by atoms with Gasteiger partial charge in [0.1, 0.15) is 18.5 Å². The summed E-state index contributed by atoms with van der Waals surface area (Å²) < 4.78 is 5.73. The highest BCUT2D eigenvalue weighted by Gasteiger charge is 2.09. The zero-order valence-electron chi connectivity index (χ0n) is 10.7. The van der Waals surface area contributed by atoms with E-state index >= 15 is 0 Å². The Morgan fingerprint density at radius 1 is 1.33 bits per heavy atom. The lowest BCUT2D eigenvalue weighted by molar-refractivity contribution is -0.117. The normalized spacial score (nSPS) is 10.5. The minimum absolute atomic E-state index is 0.190. The molecule has 1 amide bonds. The van der Waals surface area contributed by atoms with Crippen molar-refractivity contribution in [1.29, 1.82) is 0 Å². The fourth-order valence-corrected chi connectivity index (χ4v) is 2.40. The number of thiophene rings is 1. The molecule has 0 radical (unpaired) electrons. The van der Waals surface area contributed by atoms with Crippen LogP contribution < -0.4 is 10.9 Å². The van der Waals surface area contributed by atoms with E-state index < -0.39 is 5.91 Å². The summed E-state index contributed by atoms with van der Waals surface area (Å²) in [5.41, 5.74) is 0.310. The molecule has 21 heavy (non-hydrogen) atoms. The molecule has 0 aliphatic heterocycles. The third kappa shape index (κ3) is 3.06. The molecule has 0 aliphatic rings. The SMILES string of the molecule is O=C(Cn1nc(-c2cccs2)ccc1=O)Nc1ccon1. The predicted molar refractivity (Wildman–Crippen MR) is 76.9 cm³/mol. The summed E-state index contributed by atoms with van der Waals surface area (Å²) in [6.45, 7) is -0.190. The predicted octanol–water partition coefficient (Wildman–Crippen LogP) is 1.60. The molecular weight excluding hydrogens is 292 g/mol.